The lowest BCUT2D eigenvalue weighted by molar-refractivity contribution is -0.120. The van der Waals surface area contributed by atoms with E-state index in [1.54, 1.807) is 0 Å². The normalized spacial score (nSPS) is 19.5. The monoisotopic (exact) mass is 207 g/mol. The van der Waals surface area contributed by atoms with Crippen LogP contribution in [0.25, 0.3) is 0 Å². The summed E-state index contributed by atoms with van der Waals surface area (Å²) in [5.41, 5.74) is 0. The van der Waals surface area contributed by atoms with Crippen LogP contribution in [0.1, 0.15) is 25.7 Å². The summed E-state index contributed by atoms with van der Waals surface area (Å²) in [4.78, 5) is 11.3. The van der Waals surface area contributed by atoms with Gasteiger partial charge in [-0.05, 0) is 19.3 Å². The van der Waals surface area contributed by atoms with Gasteiger partial charge in [0.15, 0.2) is 0 Å². The summed E-state index contributed by atoms with van der Waals surface area (Å²) in [6, 6.07) is 2.41. The van der Waals surface area contributed by atoms with Crippen molar-refractivity contribution in [1.82, 2.24) is 10.6 Å². The molecule has 0 radical (unpaired) electrons. The van der Waals surface area contributed by atoms with Gasteiger partial charge in [-0.2, -0.15) is 5.26 Å². The first-order valence-electron chi connectivity index (χ1n) is 5.35. The fourth-order valence-electron chi connectivity index (χ4n) is 1.54. The van der Waals surface area contributed by atoms with Crippen molar-refractivity contribution < 1.29 is 4.79 Å². The van der Waals surface area contributed by atoms with Gasteiger partial charge in [0, 0.05) is 12.6 Å². The molecule has 0 aliphatic heterocycles. The Morgan fingerprint density at radius 3 is 3.07 bits per heavy atom. The third kappa shape index (κ3) is 5.18. The number of amides is 1. The Bertz CT molecular complexity index is 267. The van der Waals surface area contributed by atoms with Gasteiger partial charge in [0.1, 0.15) is 0 Å². The molecule has 0 aromatic heterocycles. The predicted molar refractivity (Wildman–Crippen MR) is 58.0 cm³/mol. The summed E-state index contributed by atoms with van der Waals surface area (Å²) < 4.78 is 0. The highest BCUT2D eigenvalue weighted by Gasteiger charge is 2.10. The molecular weight excluding hydrogens is 190 g/mol. The van der Waals surface area contributed by atoms with E-state index in [1.807, 2.05) is 6.07 Å². The zero-order valence-corrected chi connectivity index (χ0v) is 8.83. The Kier molecular flexibility index (Phi) is 5.49. The highest BCUT2D eigenvalue weighted by Crippen LogP contribution is 2.09. The van der Waals surface area contributed by atoms with Crippen LogP contribution in [0.15, 0.2) is 12.2 Å². The number of carbonyl (C=O) groups is 1. The fraction of sp³-hybridized carbons (Fsp3) is 0.636. The second kappa shape index (κ2) is 7.02. The molecule has 0 saturated heterocycles. The minimum Gasteiger partial charge on any atom is -0.354 e. The number of rotatable bonds is 5. The van der Waals surface area contributed by atoms with Gasteiger partial charge in [-0.15, -0.1) is 0 Å². The van der Waals surface area contributed by atoms with Crippen molar-refractivity contribution in [3.05, 3.63) is 12.2 Å². The zero-order chi connectivity index (χ0) is 10.9. The largest absolute Gasteiger partial charge is 0.354 e. The van der Waals surface area contributed by atoms with Crippen LogP contribution in [0.4, 0.5) is 0 Å². The van der Waals surface area contributed by atoms with E-state index in [0.29, 0.717) is 25.6 Å². The van der Waals surface area contributed by atoms with Crippen molar-refractivity contribution in [2.75, 3.05) is 13.1 Å². The summed E-state index contributed by atoms with van der Waals surface area (Å²) >= 11 is 0. The van der Waals surface area contributed by atoms with Crippen molar-refractivity contribution in [1.29, 1.82) is 5.26 Å². The van der Waals surface area contributed by atoms with Gasteiger partial charge >= 0.3 is 0 Å². The first-order chi connectivity index (χ1) is 7.33. The van der Waals surface area contributed by atoms with Gasteiger partial charge in [0.2, 0.25) is 5.91 Å². The maximum Gasteiger partial charge on any atom is 0.233 e. The average molecular weight is 207 g/mol. The Morgan fingerprint density at radius 2 is 2.40 bits per heavy atom. The molecule has 0 saturated carbocycles. The molecule has 82 valence electrons. The first-order valence-corrected chi connectivity index (χ1v) is 5.35. The SMILES string of the molecule is N#CCCNC(=O)CNC1CC=CCC1. The fourth-order valence-corrected chi connectivity index (χ4v) is 1.54. The highest BCUT2D eigenvalue weighted by molar-refractivity contribution is 5.77. The first kappa shape index (κ1) is 11.7. The average Bonchev–Trinajstić information content (AvgIpc) is 2.28. The minimum atomic E-state index is -0.0280. The van der Waals surface area contributed by atoms with E-state index in [0.717, 1.165) is 19.3 Å². The molecule has 0 bridgehead atoms. The van der Waals surface area contributed by atoms with Gasteiger partial charge in [-0.25, -0.2) is 0 Å². The third-order valence-electron chi connectivity index (χ3n) is 2.38. The predicted octanol–water partition coefficient (Wildman–Crippen LogP) is 0.715. The summed E-state index contributed by atoms with van der Waals surface area (Å²) in [5.74, 6) is -0.0280. The van der Waals surface area contributed by atoms with Crippen LogP contribution < -0.4 is 10.6 Å². The number of hydrogen-bond donors (Lipinski definition) is 2. The maximum atomic E-state index is 11.3. The molecular formula is C11H17N3O. The van der Waals surface area contributed by atoms with E-state index in [1.165, 1.54) is 0 Å². The van der Waals surface area contributed by atoms with Crippen molar-refractivity contribution in [2.24, 2.45) is 0 Å². The Labute approximate surface area is 90.3 Å². The Balaban J connectivity index is 2.06. The molecule has 0 aromatic rings. The molecule has 4 nitrogen and oxygen atoms in total. The van der Waals surface area contributed by atoms with Crippen LogP contribution in [0.2, 0.25) is 0 Å². The van der Waals surface area contributed by atoms with Crippen LogP contribution in [-0.4, -0.2) is 25.0 Å². The molecule has 1 amide bonds. The molecule has 0 spiro atoms. The lowest BCUT2D eigenvalue weighted by atomic mass is 10.0. The molecule has 1 aliphatic rings. The van der Waals surface area contributed by atoms with Crippen molar-refractivity contribution in [3.63, 3.8) is 0 Å². The van der Waals surface area contributed by atoms with Crippen molar-refractivity contribution in [2.45, 2.75) is 31.7 Å². The molecule has 4 heteroatoms. The molecule has 0 fully saturated rings. The molecule has 1 rings (SSSR count). The lowest BCUT2D eigenvalue weighted by Gasteiger charge is -2.18. The zero-order valence-electron chi connectivity index (χ0n) is 8.83. The third-order valence-corrected chi connectivity index (χ3v) is 2.38. The molecule has 1 atom stereocenters. The summed E-state index contributed by atoms with van der Waals surface area (Å²) in [7, 11) is 0. The second-order valence-corrected chi connectivity index (χ2v) is 3.62. The van der Waals surface area contributed by atoms with Crippen LogP contribution in [-0.2, 0) is 4.79 Å². The van der Waals surface area contributed by atoms with E-state index in [4.69, 9.17) is 5.26 Å². The van der Waals surface area contributed by atoms with Crippen molar-refractivity contribution >= 4 is 5.91 Å². The molecule has 1 aliphatic carbocycles. The van der Waals surface area contributed by atoms with E-state index in [2.05, 4.69) is 22.8 Å². The number of allylic oxidation sites excluding steroid dienone is 1. The van der Waals surface area contributed by atoms with Gasteiger partial charge in [-0.1, -0.05) is 12.2 Å². The van der Waals surface area contributed by atoms with Gasteiger partial charge in [-0.3, -0.25) is 4.79 Å². The summed E-state index contributed by atoms with van der Waals surface area (Å²) in [6.07, 6.45) is 7.89. The number of nitriles is 1. The highest BCUT2D eigenvalue weighted by atomic mass is 16.1. The van der Waals surface area contributed by atoms with Gasteiger partial charge < -0.3 is 10.6 Å². The smallest absolute Gasteiger partial charge is 0.233 e. The Hall–Kier alpha value is -1.34. The Morgan fingerprint density at radius 1 is 1.53 bits per heavy atom. The quantitative estimate of drug-likeness (QED) is 0.515. The van der Waals surface area contributed by atoms with Crippen LogP contribution in [0, 0.1) is 11.3 Å². The maximum absolute atomic E-state index is 11.3. The molecule has 1 unspecified atom stereocenters. The standard InChI is InChI=1S/C11H17N3O/c12-7-4-8-13-11(15)9-14-10-5-2-1-3-6-10/h1-2,10,14H,3-6,8-9H2,(H,13,15). The van der Waals surface area contributed by atoms with Gasteiger partial charge in [0.05, 0.1) is 19.0 Å². The summed E-state index contributed by atoms with van der Waals surface area (Å²) in [5, 5.41) is 14.2. The lowest BCUT2D eigenvalue weighted by Crippen LogP contribution is -2.39. The molecule has 0 heterocycles. The molecule has 15 heavy (non-hydrogen) atoms. The van der Waals surface area contributed by atoms with E-state index in [-0.39, 0.29) is 5.91 Å². The van der Waals surface area contributed by atoms with Crippen LogP contribution >= 0.6 is 0 Å². The number of nitrogens with zero attached hydrogens (tertiary/aromatic N) is 1. The van der Waals surface area contributed by atoms with Gasteiger partial charge in [0.25, 0.3) is 0 Å². The second-order valence-electron chi connectivity index (χ2n) is 3.62. The van der Waals surface area contributed by atoms with E-state index >= 15 is 0 Å². The minimum absolute atomic E-state index is 0.0280. The number of carbonyl (C=O) groups excluding carboxylic acids is 1. The van der Waals surface area contributed by atoms with E-state index in [9.17, 15) is 4.79 Å². The van der Waals surface area contributed by atoms with Crippen LogP contribution in [0.3, 0.4) is 0 Å². The number of nitrogens with one attached hydrogen (secondary N) is 2. The topological polar surface area (TPSA) is 64.9 Å². The number of hydrogen-bond acceptors (Lipinski definition) is 3. The molecule has 0 aromatic carbocycles. The summed E-state index contributed by atoms with van der Waals surface area (Å²) in [6.45, 7) is 0.797. The van der Waals surface area contributed by atoms with E-state index < -0.39 is 0 Å². The van der Waals surface area contributed by atoms with Crippen molar-refractivity contribution in [3.8, 4) is 6.07 Å². The van der Waals surface area contributed by atoms with Crippen LogP contribution in [0.5, 0.6) is 0 Å². The molecule has 2 N–H and O–H groups in total.